The van der Waals surface area contributed by atoms with Crippen molar-refractivity contribution in [3.63, 3.8) is 0 Å². The van der Waals surface area contributed by atoms with Crippen molar-refractivity contribution in [2.24, 2.45) is 0 Å². The Labute approximate surface area is 150 Å². The van der Waals surface area contributed by atoms with E-state index in [0.29, 0.717) is 22.6 Å². The molecule has 0 saturated carbocycles. The molecule has 2 aromatic carbocycles. The van der Waals surface area contributed by atoms with Gasteiger partial charge in [0.2, 0.25) is 5.91 Å². The highest BCUT2D eigenvalue weighted by atomic mass is 19.3. The second kappa shape index (κ2) is 9.36. The third kappa shape index (κ3) is 5.44. The number of halogens is 2. The first-order valence-electron chi connectivity index (χ1n) is 7.87. The van der Waals surface area contributed by atoms with E-state index >= 15 is 0 Å². The Morgan fingerprint density at radius 3 is 2.46 bits per heavy atom. The van der Waals surface area contributed by atoms with Crippen molar-refractivity contribution < 1.29 is 23.0 Å². The molecular weight excluding hydrogens is 340 g/mol. The van der Waals surface area contributed by atoms with Gasteiger partial charge in [0, 0.05) is 17.3 Å². The largest absolute Gasteiger partial charge is 0.497 e. The molecule has 2 aromatic rings. The number of ether oxygens (including phenoxy) is 2. The molecule has 0 radical (unpaired) electrons. The highest BCUT2D eigenvalue weighted by Crippen LogP contribution is 2.34. The topological polar surface area (TPSA) is 47.6 Å². The van der Waals surface area contributed by atoms with Crippen LogP contribution in [0, 0.1) is 0 Å². The van der Waals surface area contributed by atoms with Gasteiger partial charge in [-0.1, -0.05) is 30.4 Å². The number of anilines is 1. The molecule has 0 bridgehead atoms. The Morgan fingerprint density at radius 2 is 1.85 bits per heavy atom. The van der Waals surface area contributed by atoms with Gasteiger partial charge in [-0.15, -0.1) is 0 Å². The van der Waals surface area contributed by atoms with Crippen LogP contribution in [0.2, 0.25) is 0 Å². The van der Waals surface area contributed by atoms with Crippen molar-refractivity contribution >= 4 is 11.6 Å². The minimum atomic E-state index is -2.95. The fourth-order valence-corrected chi connectivity index (χ4v) is 2.24. The van der Waals surface area contributed by atoms with E-state index in [0.717, 1.165) is 0 Å². The summed E-state index contributed by atoms with van der Waals surface area (Å²) in [6.07, 6.45) is 6.49. The van der Waals surface area contributed by atoms with Crippen molar-refractivity contribution in [2.75, 3.05) is 12.4 Å². The van der Waals surface area contributed by atoms with Crippen LogP contribution in [0.1, 0.15) is 6.92 Å². The molecule has 1 amide bonds. The van der Waals surface area contributed by atoms with Crippen LogP contribution >= 0.6 is 0 Å². The summed E-state index contributed by atoms with van der Waals surface area (Å²) in [6, 6.07) is 11.4. The van der Waals surface area contributed by atoms with Gasteiger partial charge >= 0.3 is 6.61 Å². The lowest BCUT2D eigenvalue weighted by Gasteiger charge is -2.13. The minimum Gasteiger partial charge on any atom is -0.497 e. The average Bonchev–Trinajstić information content (AvgIpc) is 2.63. The van der Waals surface area contributed by atoms with Gasteiger partial charge in [0.1, 0.15) is 11.5 Å². The van der Waals surface area contributed by atoms with Gasteiger partial charge in [-0.25, -0.2) is 0 Å². The van der Waals surface area contributed by atoms with Crippen LogP contribution in [0.3, 0.4) is 0 Å². The summed E-state index contributed by atoms with van der Waals surface area (Å²) in [5, 5.41) is 2.69. The van der Waals surface area contributed by atoms with Crippen LogP contribution in [0.4, 0.5) is 14.5 Å². The SMILES string of the molecule is C/C=C/C=C/C(=O)Nc1ccc(OC(F)F)c(-c2ccc(OC)cc2)c1. The fourth-order valence-electron chi connectivity index (χ4n) is 2.24. The molecule has 0 aliphatic heterocycles. The van der Waals surface area contributed by atoms with Crippen LogP contribution in [-0.2, 0) is 4.79 Å². The number of alkyl halides is 2. The standard InChI is InChI=1S/C20H19F2NO3/c1-3-4-5-6-19(24)23-15-9-12-18(26-20(21)22)17(13-15)14-7-10-16(25-2)11-8-14/h3-13,20H,1-2H3,(H,23,24)/b4-3+,6-5+. The Balaban J connectivity index is 2.33. The van der Waals surface area contributed by atoms with E-state index in [2.05, 4.69) is 10.1 Å². The van der Waals surface area contributed by atoms with Gasteiger partial charge in [0.05, 0.1) is 7.11 Å². The molecule has 136 valence electrons. The number of amides is 1. The number of allylic oxidation sites excluding steroid dienone is 3. The molecule has 0 fully saturated rings. The van der Waals surface area contributed by atoms with Gasteiger partial charge in [0.25, 0.3) is 0 Å². The summed E-state index contributed by atoms with van der Waals surface area (Å²) >= 11 is 0. The number of methoxy groups -OCH3 is 1. The molecule has 0 heterocycles. The minimum absolute atomic E-state index is 0.0209. The third-order valence-electron chi connectivity index (χ3n) is 3.42. The zero-order valence-corrected chi connectivity index (χ0v) is 14.4. The van der Waals surface area contributed by atoms with Crippen LogP contribution in [0.5, 0.6) is 11.5 Å². The Hall–Kier alpha value is -3.15. The van der Waals surface area contributed by atoms with Gasteiger partial charge in [-0.2, -0.15) is 8.78 Å². The highest BCUT2D eigenvalue weighted by Gasteiger charge is 2.13. The lowest BCUT2D eigenvalue weighted by molar-refractivity contribution is -0.111. The summed E-state index contributed by atoms with van der Waals surface area (Å²) in [4.78, 5) is 11.9. The van der Waals surface area contributed by atoms with Crippen molar-refractivity contribution in [3.8, 4) is 22.6 Å². The van der Waals surface area contributed by atoms with Gasteiger partial charge in [0.15, 0.2) is 0 Å². The van der Waals surface area contributed by atoms with Gasteiger partial charge in [-0.3, -0.25) is 4.79 Å². The first kappa shape index (κ1) is 19.2. The first-order chi connectivity index (χ1) is 12.5. The molecule has 0 spiro atoms. The van der Waals surface area contributed by atoms with Crippen LogP contribution < -0.4 is 14.8 Å². The van der Waals surface area contributed by atoms with E-state index in [1.165, 1.54) is 25.3 Å². The maximum absolute atomic E-state index is 12.7. The predicted octanol–water partition coefficient (Wildman–Crippen LogP) is 5.03. The maximum Gasteiger partial charge on any atom is 0.387 e. The normalized spacial score (nSPS) is 11.3. The van der Waals surface area contributed by atoms with E-state index in [-0.39, 0.29) is 11.7 Å². The second-order valence-corrected chi connectivity index (χ2v) is 5.19. The first-order valence-corrected chi connectivity index (χ1v) is 7.87. The number of hydrogen-bond acceptors (Lipinski definition) is 3. The third-order valence-corrected chi connectivity index (χ3v) is 3.42. The average molecular weight is 359 g/mol. The lowest BCUT2D eigenvalue weighted by Crippen LogP contribution is -2.08. The zero-order chi connectivity index (χ0) is 18.9. The molecule has 0 aliphatic carbocycles. The lowest BCUT2D eigenvalue weighted by atomic mass is 10.0. The van der Waals surface area contributed by atoms with Crippen LogP contribution in [0.15, 0.2) is 66.8 Å². The Bertz CT molecular complexity index is 799. The molecule has 1 N–H and O–H groups in total. The molecular formula is C20H19F2NO3. The quantitative estimate of drug-likeness (QED) is 0.557. The smallest absolute Gasteiger partial charge is 0.387 e. The zero-order valence-electron chi connectivity index (χ0n) is 14.4. The van der Waals surface area contributed by atoms with Crippen molar-refractivity contribution in [1.29, 1.82) is 0 Å². The van der Waals surface area contributed by atoms with E-state index in [1.807, 2.05) is 6.92 Å². The molecule has 0 aromatic heterocycles. The monoisotopic (exact) mass is 359 g/mol. The van der Waals surface area contributed by atoms with E-state index < -0.39 is 6.61 Å². The summed E-state index contributed by atoms with van der Waals surface area (Å²) < 4.78 is 35.1. The summed E-state index contributed by atoms with van der Waals surface area (Å²) in [5.74, 6) is 0.336. The predicted molar refractivity (Wildman–Crippen MR) is 97.6 cm³/mol. The van der Waals surface area contributed by atoms with E-state index in [4.69, 9.17) is 4.74 Å². The molecule has 26 heavy (non-hydrogen) atoms. The molecule has 0 unspecified atom stereocenters. The molecule has 0 aliphatic rings. The number of rotatable bonds is 7. The summed E-state index contributed by atoms with van der Waals surface area (Å²) in [5.41, 5.74) is 1.55. The van der Waals surface area contributed by atoms with Gasteiger partial charge < -0.3 is 14.8 Å². The number of carbonyl (C=O) groups is 1. The summed E-state index contributed by atoms with van der Waals surface area (Å²) in [6.45, 7) is -1.11. The number of nitrogens with one attached hydrogen (secondary N) is 1. The van der Waals surface area contributed by atoms with E-state index in [9.17, 15) is 13.6 Å². The van der Waals surface area contributed by atoms with Crippen LogP contribution in [-0.4, -0.2) is 19.6 Å². The van der Waals surface area contributed by atoms with Gasteiger partial charge in [-0.05, 0) is 42.8 Å². The van der Waals surface area contributed by atoms with E-state index in [1.54, 1.807) is 48.6 Å². The number of benzene rings is 2. The maximum atomic E-state index is 12.7. The Morgan fingerprint density at radius 1 is 1.12 bits per heavy atom. The fraction of sp³-hybridized carbons (Fsp3) is 0.150. The number of hydrogen-bond donors (Lipinski definition) is 1. The molecule has 0 atom stereocenters. The molecule has 6 heteroatoms. The molecule has 2 rings (SSSR count). The van der Waals surface area contributed by atoms with Crippen molar-refractivity contribution in [2.45, 2.75) is 13.5 Å². The van der Waals surface area contributed by atoms with Crippen molar-refractivity contribution in [3.05, 3.63) is 66.8 Å². The highest BCUT2D eigenvalue weighted by molar-refractivity contribution is 6.00. The molecule has 0 saturated heterocycles. The number of carbonyl (C=O) groups excluding carboxylic acids is 1. The second-order valence-electron chi connectivity index (χ2n) is 5.19. The van der Waals surface area contributed by atoms with Crippen molar-refractivity contribution in [1.82, 2.24) is 0 Å². The van der Waals surface area contributed by atoms with Crippen LogP contribution in [0.25, 0.3) is 11.1 Å². The Kier molecular flexibility index (Phi) is 6.91. The summed E-state index contributed by atoms with van der Waals surface area (Å²) in [7, 11) is 1.54. The molecule has 4 nitrogen and oxygen atoms in total.